The Hall–Kier alpha value is -2.38. The quantitative estimate of drug-likeness (QED) is 0.561. The molecule has 1 aliphatic heterocycles. The summed E-state index contributed by atoms with van der Waals surface area (Å²) in [6, 6.07) is 18.3. The lowest BCUT2D eigenvalue weighted by Crippen LogP contribution is -2.55. The number of amides is 2. The molecule has 2 aliphatic carbocycles. The third-order valence-electron chi connectivity index (χ3n) is 8.50. The minimum atomic E-state index is -3.22. The molecule has 2 aromatic carbocycles. The Bertz CT molecular complexity index is 1180. The van der Waals surface area contributed by atoms with Gasteiger partial charge in [0.2, 0.25) is 0 Å². The summed E-state index contributed by atoms with van der Waals surface area (Å²) in [6.45, 7) is 1.43. The molecule has 2 amide bonds. The van der Waals surface area contributed by atoms with Crippen LogP contribution in [0.15, 0.2) is 54.6 Å². The molecule has 0 unspecified atom stereocenters. The molecule has 2 saturated carbocycles. The first-order chi connectivity index (χ1) is 16.6. The maximum absolute atomic E-state index is 13.9. The van der Waals surface area contributed by atoms with Crippen LogP contribution in [0.3, 0.4) is 0 Å². The summed E-state index contributed by atoms with van der Waals surface area (Å²) in [5, 5.41) is 0. The molecule has 2 aromatic rings. The van der Waals surface area contributed by atoms with Gasteiger partial charge in [-0.05, 0) is 75.7 Å². The second kappa shape index (κ2) is 8.93. The monoisotopic (exact) mass is 495 g/mol. The Balaban J connectivity index is 1.47. The van der Waals surface area contributed by atoms with Crippen molar-refractivity contribution in [1.29, 1.82) is 0 Å². The molecule has 7 heteroatoms. The highest BCUT2D eigenvalue weighted by atomic mass is 32.2. The fraction of sp³-hybridized carbons (Fsp3) is 0.536. The van der Waals surface area contributed by atoms with E-state index in [1.807, 2.05) is 29.2 Å². The molecule has 6 nitrogen and oxygen atoms in total. The number of hydrogen-bond acceptors (Lipinski definition) is 4. The van der Waals surface area contributed by atoms with Gasteiger partial charge in [-0.25, -0.2) is 13.2 Å². The van der Waals surface area contributed by atoms with Crippen molar-refractivity contribution in [2.75, 3.05) is 38.3 Å². The van der Waals surface area contributed by atoms with E-state index in [0.717, 1.165) is 37.9 Å². The van der Waals surface area contributed by atoms with Gasteiger partial charge in [-0.15, -0.1) is 0 Å². The maximum atomic E-state index is 13.9. The van der Waals surface area contributed by atoms with Crippen molar-refractivity contribution in [2.24, 2.45) is 5.92 Å². The summed E-state index contributed by atoms with van der Waals surface area (Å²) >= 11 is 0. The Morgan fingerprint density at radius 1 is 0.943 bits per heavy atom. The number of nitrogens with zero attached hydrogens (tertiary/aromatic N) is 3. The van der Waals surface area contributed by atoms with Crippen molar-refractivity contribution in [3.05, 3.63) is 65.7 Å². The summed E-state index contributed by atoms with van der Waals surface area (Å²) in [5.41, 5.74) is 2.53. The predicted molar refractivity (Wildman–Crippen MR) is 140 cm³/mol. The summed E-state index contributed by atoms with van der Waals surface area (Å²) < 4.78 is 24.2. The SMILES string of the molecule is CN(C)[C@]1(c2ccccc2)CC[C@@]2(CC1)CN(c1ccccc1CS(C)(=O)=O)C(=O)N2CC1CC1. The first kappa shape index (κ1) is 24.3. The van der Waals surface area contributed by atoms with Gasteiger partial charge in [0.05, 0.1) is 17.8 Å². The van der Waals surface area contributed by atoms with Crippen LogP contribution in [0.2, 0.25) is 0 Å². The predicted octanol–water partition coefficient (Wildman–Crippen LogP) is 4.65. The van der Waals surface area contributed by atoms with Crippen LogP contribution in [0.25, 0.3) is 0 Å². The molecule has 0 radical (unpaired) electrons. The van der Waals surface area contributed by atoms with Crippen LogP contribution < -0.4 is 4.90 Å². The van der Waals surface area contributed by atoms with Crippen LogP contribution in [0.1, 0.15) is 49.7 Å². The van der Waals surface area contributed by atoms with Gasteiger partial charge in [0, 0.05) is 24.0 Å². The Labute approximate surface area is 209 Å². The van der Waals surface area contributed by atoms with E-state index < -0.39 is 9.84 Å². The number of carbonyl (C=O) groups excluding carboxylic acids is 1. The first-order valence-electron chi connectivity index (χ1n) is 12.7. The van der Waals surface area contributed by atoms with E-state index in [9.17, 15) is 13.2 Å². The minimum Gasteiger partial charge on any atom is -0.317 e. The van der Waals surface area contributed by atoms with Gasteiger partial charge in [-0.1, -0.05) is 48.5 Å². The van der Waals surface area contributed by atoms with Crippen molar-refractivity contribution < 1.29 is 13.2 Å². The Kier molecular flexibility index (Phi) is 6.20. The third-order valence-corrected chi connectivity index (χ3v) is 9.34. The van der Waals surface area contributed by atoms with E-state index in [0.29, 0.717) is 18.0 Å². The summed E-state index contributed by atoms with van der Waals surface area (Å²) in [7, 11) is 1.12. The number of hydrogen-bond donors (Lipinski definition) is 0. The van der Waals surface area contributed by atoms with Gasteiger partial charge in [0.1, 0.15) is 0 Å². The molecule has 3 fully saturated rings. The lowest BCUT2D eigenvalue weighted by molar-refractivity contribution is 0.0249. The zero-order valence-electron chi connectivity index (χ0n) is 21.1. The molecular weight excluding hydrogens is 458 g/mol. The zero-order valence-corrected chi connectivity index (χ0v) is 21.9. The fourth-order valence-electron chi connectivity index (χ4n) is 6.29. The largest absolute Gasteiger partial charge is 0.325 e. The van der Waals surface area contributed by atoms with E-state index in [1.165, 1.54) is 24.7 Å². The van der Waals surface area contributed by atoms with Crippen molar-refractivity contribution in [3.8, 4) is 0 Å². The van der Waals surface area contributed by atoms with Crippen molar-refractivity contribution >= 4 is 21.6 Å². The molecule has 1 spiro atoms. The summed E-state index contributed by atoms with van der Waals surface area (Å²) in [5.74, 6) is 0.539. The van der Waals surface area contributed by atoms with E-state index >= 15 is 0 Å². The molecule has 35 heavy (non-hydrogen) atoms. The zero-order chi connectivity index (χ0) is 24.8. The lowest BCUT2D eigenvalue weighted by atomic mass is 9.68. The second-order valence-corrected chi connectivity index (χ2v) is 13.3. The standard InChI is InChI=1S/C28H37N3O3S/c1-29(2)28(24-10-5-4-6-11-24)17-15-27(16-18-28)21-30(26(32)31(27)19-22-13-14-22)25-12-8-7-9-23(25)20-35(3,33)34/h4-12,22H,13-21H2,1-3H3/t27-,28-. The van der Waals surface area contributed by atoms with Crippen LogP contribution >= 0.6 is 0 Å². The minimum absolute atomic E-state index is 0.0370. The number of benzene rings is 2. The Morgan fingerprint density at radius 3 is 2.17 bits per heavy atom. The summed E-state index contributed by atoms with van der Waals surface area (Å²) in [6.07, 6.45) is 7.47. The smallest absolute Gasteiger partial charge is 0.317 e. The molecule has 1 heterocycles. The number of urea groups is 1. The molecular formula is C28H37N3O3S. The normalized spacial score (nSPS) is 27.3. The van der Waals surface area contributed by atoms with Crippen LogP contribution in [0.4, 0.5) is 10.5 Å². The molecule has 0 atom stereocenters. The molecule has 188 valence electrons. The highest BCUT2D eigenvalue weighted by molar-refractivity contribution is 7.89. The molecule has 3 aliphatic rings. The van der Waals surface area contributed by atoms with E-state index in [-0.39, 0.29) is 22.9 Å². The average molecular weight is 496 g/mol. The van der Waals surface area contributed by atoms with Crippen LogP contribution in [0.5, 0.6) is 0 Å². The molecule has 0 N–H and O–H groups in total. The average Bonchev–Trinajstić information content (AvgIpc) is 3.61. The number of para-hydroxylation sites is 1. The highest BCUT2D eigenvalue weighted by Gasteiger charge is 2.55. The molecule has 0 aromatic heterocycles. The van der Waals surface area contributed by atoms with Crippen molar-refractivity contribution in [3.63, 3.8) is 0 Å². The van der Waals surface area contributed by atoms with Crippen molar-refractivity contribution in [1.82, 2.24) is 9.80 Å². The molecule has 1 saturated heterocycles. The van der Waals surface area contributed by atoms with E-state index in [2.05, 4.69) is 54.2 Å². The summed E-state index contributed by atoms with van der Waals surface area (Å²) in [4.78, 5) is 20.3. The number of rotatable bonds is 7. The van der Waals surface area contributed by atoms with Crippen LogP contribution in [-0.4, -0.2) is 63.2 Å². The third kappa shape index (κ3) is 4.60. The number of anilines is 1. The van der Waals surface area contributed by atoms with Crippen molar-refractivity contribution in [2.45, 2.75) is 55.4 Å². The highest BCUT2D eigenvalue weighted by Crippen LogP contribution is 2.50. The maximum Gasteiger partial charge on any atom is 0.325 e. The second-order valence-electron chi connectivity index (χ2n) is 11.1. The Morgan fingerprint density at radius 2 is 1.57 bits per heavy atom. The van der Waals surface area contributed by atoms with E-state index in [1.54, 1.807) is 0 Å². The van der Waals surface area contributed by atoms with Crippen LogP contribution in [-0.2, 0) is 21.1 Å². The van der Waals surface area contributed by atoms with E-state index in [4.69, 9.17) is 0 Å². The number of carbonyl (C=O) groups is 1. The van der Waals surface area contributed by atoms with Gasteiger partial charge in [-0.2, -0.15) is 0 Å². The van der Waals surface area contributed by atoms with Gasteiger partial charge >= 0.3 is 6.03 Å². The topological polar surface area (TPSA) is 60.9 Å². The van der Waals surface area contributed by atoms with Crippen LogP contribution in [0, 0.1) is 5.92 Å². The first-order valence-corrected chi connectivity index (χ1v) is 14.8. The van der Waals surface area contributed by atoms with Gasteiger partial charge in [0.25, 0.3) is 0 Å². The van der Waals surface area contributed by atoms with Gasteiger partial charge in [-0.3, -0.25) is 9.80 Å². The lowest BCUT2D eigenvalue weighted by Gasteiger charge is -2.51. The number of sulfone groups is 1. The molecule has 5 rings (SSSR count). The van der Waals surface area contributed by atoms with Gasteiger partial charge in [0.15, 0.2) is 9.84 Å². The molecule has 0 bridgehead atoms. The fourth-order valence-corrected chi connectivity index (χ4v) is 7.10. The van der Waals surface area contributed by atoms with Gasteiger partial charge < -0.3 is 4.90 Å².